The summed E-state index contributed by atoms with van der Waals surface area (Å²) in [5.41, 5.74) is -0.536. The van der Waals surface area contributed by atoms with E-state index in [9.17, 15) is 17.6 Å². The fourth-order valence-corrected chi connectivity index (χ4v) is 3.79. The fraction of sp³-hybridized carbons (Fsp3) is 0.333. The highest BCUT2D eigenvalue weighted by molar-refractivity contribution is 7.89. The maximum atomic E-state index is 13.5. The predicted molar refractivity (Wildman–Crippen MR) is 67.5 cm³/mol. The first-order valence-corrected chi connectivity index (χ1v) is 7.31. The zero-order chi connectivity index (χ0) is 14.9. The zero-order valence-corrected chi connectivity index (χ0v) is 11.4. The Hall–Kier alpha value is -1.98. The maximum absolute atomic E-state index is 13.5. The molecule has 1 amide bonds. The van der Waals surface area contributed by atoms with Crippen molar-refractivity contribution in [1.82, 2.24) is 9.62 Å². The lowest BCUT2D eigenvalue weighted by Crippen LogP contribution is -2.55. The van der Waals surface area contributed by atoms with Crippen LogP contribution in [0, 0.1) is 17.1 Å². The molecule has 20 heavy (non-hydrogen) atoms. The number of hydrogen-bond donors (Lipinski definition) is 1. The van der Waals surface area contributed by atoms with Crippen LogP contribution in [0.4, 0.5) is 4.39 Å². The Bertz CT molecular complexity index is 696. The van der Waals surface area contributed by atoms with E-state index < -0.39 is 38.2 Å². The van der Waals surface area contributed by atoms with Crippen molar-refractivity contribution < 1.29 is 17.6 Å². The lowest BCUT2D eigenvalue weighted by molar-refractivity contribution is -0.126. The van der Waals surface area contributed by atoms with E-state index in [-0.39, 0.29) is 13.1 Å². The van der Waals surface area contributed by atoms with Crippen LogP contribution in [-0.4, -0.2) is 37.8 Å². The molecule has 2 rings (SSSR count). The number of sulfonamides is 1. The van der Waals surface area contributed by atoms with Crippen LogP contribution < -0.4 is 5.32 Å². The van der Waals surface area contributed by atoms with E-state index >= 15 is 0 Å². The second-order valence-corrected chi connectivity index (χ2v) is 6.17. The summed E-state index contributed by atoms with van der Waals surface area (Å²) in [7, 11) is -4.10. The van der Waals surface area contributed by atoms with Gasteiger partial charge in [0, 0.05) is 13.1 Å². The van der Waals surface area contributed by atoms with Gasteiger partial charge in [-0.1, -0.05) is 6.07 Å². The van der Waals surface area contributed by atoms with Gasteiger partial charge in [-0.2, -0.15) is 9.57 Å². The molecular weight excluding hydrogens is 285 g/mol. The molecule has 0 spiro atoms. The van der Waals surface area contributed by atoms with Gasteiger partial charge >= 0.3 is 0 Å². The van der Waals surface area contributed by atoms with E-state index in [1.54, 1.807) is 6.07 Å². The minimum Gasteiger partial charge on any atom is -0.353 e. The van der Waals surface area contributed by atoms with E-state index in [0.717, 1.165) is 16.4 Å². The molecule has 0 saturated carbocycles. The van der Waals surface area contributed by atoms with Crippen molar-refractivity contribution in [2.75, 3.05) is 13.1 Å². The molecule has 1 aromatic carbocycles. The first-order chi connectivity index (χ1) is 9.39. The van der Waals surface area contributed by atoms with Crippen molar-refractivity contribution in [3.8, 4) is 6.07 Å². The highest BCUT2D eigenvalue weighted by atomic mass is 32.2. The van der Waals surface area contributed by atoms with Gasteiger partial charge in [0.25, 0.3) is 0 Å². The fourth-order valence-electron chi connectivity index (χ4n) is 2.04. The van der Waals surface area contributed by atoms with Crippen molar-refractivity contribution in [2.24, 2.45) is 0 Å². The number of carbonyl (C=O) groups excluding carboxylic acids is 1. The van der Waals surface area contributed by atoms with Crippen LogP contribution in [0.15, 0.2) is 23.1 Å². The van der Waals surface area contributed by atoms with Crippen molar-refractivity contribution in [3.05, 3.63) is 29.6 Å². The molecule has 6 nitrogen and oxygen atoms in total. The lowest BCUT2D eigenvalue weighted by atomic mass is 10.2. The number of halogens is 1. The molecule has 8 heteroatoms. The van der Waals surface area contributed by atoms with E-state index in [1.165, 1.54) is 13.0 Å². The number of rotatable bonds is 2. The first-order valence-electron chi connectivity index (χ1n) is 5.87. The molecular formula is C12H12FN3O3S. The minimum atomic E-state index is -4.10. The van der Waals surface area contributed by atoms with Crippen molar-refractivity contribution >= 4 is 15.9 Å². The molecule has 1 aromatic rings. The lowest BCUT2D eigenvalue weighted by Gasteiger charge is -2.31. The Morgan fingerprint density at radius 1 is 1.50 bits per heavy atom. The van der Waals surface area contributed by atoms with Gasteiger partial charge in [0.1, 0.15) is 28.4 Å². The molecule has 1 aliphatic heterocycles. The Kier molecular flexibility index (Phi) is 3.74. The summed E-state index contributed by atoms with van der Waals surface area (Å²) in [6, 6.07) is 4.05. The molecule has 0 aromatic heterocycles. The van der Waals surface area contributed by atoms with Gasteiger partial charge < -0.3 is 5.32 Å². The second kappa shape index (κ2) is 5.19. The summed E-state index contributed by atoms with van der Waals surface area (Å²) in [6.45, 7) is 1.70. The SMILES string of the molecule is CC1C(=O)NCCN1S(=O)(=O)c1cccc(F)c1C#N. The summed E-state index contributed by atoms with van der Waals surface area (Å²) in [6.07, 6.45) is 0. The summed E-state index contributed by atoms with van der Waals surface area (Å²) in [4.78, 5) is 11.1. The molecule has 1 fully saturated rings. The van der Waals surface area contributed by atoms with Crippen molar-refractivity contribution in [1.29, 1.82) is 5.26 Å². The smallest absolute Gasteiger partial charge is 0.245 e. The normalized spacial score (nSPS) is 20.2. The first kappa shape index (κ1) is 14.4. The van der Waals surface area contributed by atoms with Crippen LogP contribution in [-0.2, 0) is 14.8 Å². The number of benzene rings is 1. The number of nitrogens with one attached hydrogen (secondary N) is 1. The van der Waals surface area contributed by atoms with Crippen LogP contribution in [0.2, 0.25) is 0 Å². The average Bonchev–Trinajstić information content (AvgIpc) is 2.41. The molecule has 1 atom stereocenters. The summed E-state index contributed by atoms with van der Waals surface area (Å²) >= 11 is 0. The molecule has 1 heterocycles. The van der Waals surface area contributed by atoms with Gasteiger partial charge in [-0.15, -0.1) is 0 Å². The number of carbonyl (C=O) groups is 1. The van der Waals surface area contributed by atoms with Crippen LogP contribution in [0.5, 0.6) is 0 Å². The van der Waals surface area contributed by atoms with Crippen LogP contribution >= 0.6 is 0 Å². The highest BCUT2D eigenvalue weighted by Crippen LogP contribution is 2.24. The zero-order valence-electron chi connectivity index (χ0n) is 10.6. The average molecular weight is 297 g/mol. The minimum absolute atomic E-state index is 0.0800. The Balaban J connectivity index is 2.54. The third kappa shape index (κ3) is 2.26. The van der Waals surface area contributed by atoms with Gasteiger partial charge in [-0.05, 0) is 19.1 Å². The number of piperazine rings is 1. The standard InChI is InChI=1S/C12H12FN3O3S/c1-8-12(17)15-5-6-16(8)20(18,19)11-4-2-3-10(13)9(11)7-14/h2-4,8H,5-6H2,1H3,(H,15,17). The molecule has 1 saturated heterocycles. The van der Waals surface area contributed by atoms with Crippen LogP contribution in [0.1, 0.15) is 12.5 Å². The highest BCUT2D eigenvalue weighted by Gasteiger charge is 2.37. The van der Waals surface area contributed by atoms with E-state index in [2.05, 4.69) is 5.32 Å². The van der Waals surface area contributed by atoms with E-state index in [4.69, 9.17) is 5.26 Å². The monoisotopic (exact) mass is 297 g/mol. The number of amides is 1. The Morgan fingerprint density at radius 2 is 2.20 bits per heavy atom. The van der Waals surface area contributed by atoms with E-state index in [1.807, 2.05) is 0 Å². The third-order valence-corrected chi connectivity index (χ3v) is 5.13. The molecule has 0 aliphatic carbocycles. The number of nitrogens with zero attached hydrogens (tertiary/aromatic N) is 2. The predicted octanol–water partition coefficient (Wildman–Crippen LogP) is 0.206. The molecule has 1 aliphatic rings. The molecule has 0 radical (unpaired) electrons. The van der Waals surface area contributed by atoms with Crippen LogP contribution in [0.25, 0.3) is 0 Å². The van der Waals surface area contributed by atoms with Gasteiger partial charge in [-0.25, -0.2) is 12.8 Å². The molecule has 1 unspecified atom stereocenters. The topological polar surface area (TPSA) is 90.3 Å². The number of hydrogen-bond acceptors (Lipinski definition) is 4. The maximum Gasteiger partial charge on any atom is 0.245 e. The van der Waals surface area contributed by atoms with Gasteiger partial charge in [0.15, 0.2) is 0 Å². The number of nitriles is 1. The molecule has 106 valence electrons. The quantitative estimate of drug-likeness (QED) is 0.844. The van der Waals surface area contributed by atoms with E-state index in [0.29, 0.717) is 0 Å². The second-order valence-electron chi connectivity index (χ2n) is 4.31. The molecule has 0 bridgehead atoms. The van der Waals surface area contributed by atoms with Crippen molar-refractivity contribution in [3.63, 3.8) is 0 Å². The Labute approximate surface area is 115 Å². The Morgan fingerprint density at radius 3 is 2.85 bits per heavy atom. The molecule has 1 N–H and O–H groups in total. The van der Waals surface area contributed by atoms with Gasteiger partial charge in [-0.3, -0.25) is 4.79 Å². The summed E-state index contributed by atoms with van der Waals surface area (Å²) < 4.78 is 39.5. The van der Waals surface area contributed by atoms with Crippen molar-refractivity contribution in [2.45, 2.75) is 17.9 Å². The van der Waals surface area contributed by atoms with Gasteiger partial charge in [0.05, 0.1) is 0 Å². The van der Waals surface area contributed by atoms with Crippen LogP contribution in [0.3, 0.4) is 0 Å². The summed E-state index contributed by atoms with van der Waals surface area (Å²) in [5, 5.41) is 11.5. The van der Waals surface area contributed by atoms with Gasteiger partial charge in [0.2, 0.25) is 15.9 Å². The summed E-state index contributed by atoms with van der Waals surface area (Å²) in [5.74, 6) is -1.32. The largest absolute Gasteiger partial charge is 0.353 e. The third-order valence-electron chi connectivity index (χ3n) is 3.12.